The molecule has 4 rings (SSSR count). The van der Waals surface area contributed by atoms with Crippen LogP contribution in [0.5, 0.6) is 17.2 Å². The quantitative estimate of drug-likeness (QED) is 0.245. The third kappa shape index (κ3) is 5.57. The molecule has 0 fully saturated rings. The number of nitrogens with zero attached hydrogens (tertiary/aromatic N) is 2. The highest BCUT2D eigenvalue weighted by molar-refractivity contribution is 5.94. The Balaban J connectivity index is 2.00. The minimum Gasteiger partial charge on any atom is -0.497 e. The number of benzene rings is 3. The molecular weight excluding hydrogens is 495 g/mol. The number of hydrogen-bond acceptors (Lipinski definition) is 6. The fourth-order valence-electron chi connectivity index (χ4n) is 4.21. The summed E-state index contributed by atoms with van der Waals surface area (Å²) in [5.74, 6) is -1.35. The molecule has 2 N–H and O–H groups in total. The predicted molar refractivity (Wildman–Crippen MR) is 140 cm³/mol. The maximum atomic E-state index is 15.6. The second-order valence-electron chi connectivity index (χ2n) is 8.57. The van der Waals surface area contributed by atoms with Crippen LogP contribution in [-0.2, 0) is 0 Å². The van der Waals surface area contributed by atoms with Crippen molar-refractivity contribution < 1.29 is 27.4 Å². The summed E-state index contributed by atoms with van der Waals surface area (Å²) in [5.41, 5.74) is 6.49. The summed E-state index contributed by atoms with van der Waals surface area (Å²) in [7, 11) is 2.97. The van der Waals surface area contributed by atoms with Crippen LogP contribution < -0.4 is 19.9 Å². The van der Waals surface area contributed by atoms with E-state index < -0.39 is 17.5 Å². The lowest BCUT2D eigenvalue weighted by Gasteiger charge is -2.19. The van der Waals surface area contributed by atoms with Gasteiger partial charge in [-0.05, 0) is 56.1 Å². The van der Waals surface area contributed by atoms with E-state index in [1.54, 1.807) is 37.3 Å². The molecule has 4 aromatic rings. The normalized spacial score (nSPS) is 10.9. The molecule has 198 valence electrons. The number of aryl methyl sites for hydroxylation is 1. The van der Waals surface area contributed by atoms with Gasteiger partial charge in [0.1, 0.15) is 40.4 Å². The lowest BCUT2D eigenvalue weighted by atomic mass is 9.89. The molecule has 0 amide bonds. The molecule has 0 aliphatic rings. The molecule has 9 heteroatoms. The summed E-state index contributed by atoms with van der Waals surface area (Å²) in [6.45, 7) is 2.36. The maximum Gasteiger partial charge on any atom is 0.137 e. The number of methoxy groups -OCH3 is 2. The van der Waals surface area contributed by atoms with Gasteiger partial charge in [-0.25, -0.2) is 13.2 Å². The van der Waals surface area contributed by atoms with Gasteiger partial charge in [0.15, 0.2) is 0 Å². The van der Waals surface area contributed by atoms with Crippen molar-refractivity contribution in [2.45, 2.75) is 19.8 Å². The Bertz CT molecular complexity index is 1400. The predicted octanol–water partition coefficient (Wildman–Crippen LogP) is 6.34. The summed E-state index contributed by atoms with van der Waals surface area (Å²) in [5, 5.41) is 8.43. The molecule has 0 unspecified atom stereocenters. The molecule has 1 aromatic heterocycles. The van der Waals surface area contributed by atoms with Gasteiger partial charge in [0.2, 0.25) is 0 Å². The first-order valence-electron chi connectivity index (χ1n) is 12.1. The number of nitrogens with two attached hydrogens (primary N) is 1. The van der Waals surface area contributed by atoms with Gasteiger partial charge in [-0.1, -0.05) is 12.1 Å². The van der Waals surface area contributed by atoms with Crippen LogP contribution in [0, 0.1) is 24.4 Å². The van der Waals surface area contributed by atoms with E-state index >= 15 is 8.78 Å². The Labute approximate surface area is 219 Å². The third-order valence-electron chi connectivity index (χ3n) is 6.05. The molecule has 0 atom stereocenters. The van der Waals surface area contributed by atoms with E-state index in [0.717, 1.165) is 18.6 Å². The highest BCUT2D eigenvalue weighted by Crippen LogP contribution is 2.44. The van der Waals surface area contributed by atoms with Crippen molar-refractivity contribution in [1.29, 1.82) is 0 Å². The number of hydrogen-bond donors (Lipinski definition) is 1. The van der Waals surface area contributed by atoms with Crippen LogP contribution in [0.3, 0.4) is 0 Å². The van der Waals surface area contributed by atoms with Gasteiger partial charge in [-0.15, -0.1) is 5.10 Å². The molecule has 6 nitrogen and oxygen atoms in total. The number of unbranched alkanes of at least 4 members (excludes halogenated alkanes) is 1. The van der Waals surface area contributed by atoms with Crippen LogP contribution in [-0.4, -0.2) is 37.6 Å². The molecule has 0 saturated carbocycles. The van der Waals surface area contributed by atoms with Crippen LogP contribution >= 0.6 is 0 Å². The number of halogens is 3. The van der Waals surface area contributed by atoms with Crippen molar-refractivity contribution >= 4 is 0 Å². The van der Waals surface area contributed by atoms with Gasteiger partial charge in [-0.3, -0.25) is 0 Å². The minimum absolute atomic E-state index is 0.0550. The van der Waals surface area contributed by atoms with Gasteiger partial charge in [0.05, 0.1) is 32.1 Å². The van der Waals surface area contributed by atoms with Gasteiger partial charge < -0.3 is 19.9 Å². The van der Waals surface area contributed by atoms with E-state index in [0.29, 0.717) is 30.0 Å². The van der Waals surface area contributed by atoms with Crippen LogP contribution in [0.25, 0.3) is 33.5 Å². The fraction of sp³-hybridized carbons (Fsp3) is 0.241. The summed E-state index contributed by atoms with van der Waals surface area (Å²) in [6.07, 6.45) is 1.39. The van der Waals surface area contributed by atoms with Gasteiger partial charge in [0.25, 0.3) is 0 Å². The van der Waals surface area contributed by atoms with Crippen molar-refractivity contribution in [3.8, 4) is 50.8 Å². The lowest BCUT2D eigenvalue weighted by Crippen LogP contribution is -2.06. The highest BCUT2D eigenvalue weighted by atomic mass is 19.1. The van der Waals surface area contributed by atoms with Crippen LogP contribution in [0.1, 0.15) is 18.5 Å². The number of rotatable bonds is 10. The molecule has 0 saturated heterocycles. The van der Waals surface area contributed by atoms with E-state index in [4.69, 9.17) is 19.9 Å². The van der Waals surface area contributed by atoms with E-state index in [1.807, 2.05) is 0 Å². The summed E-state index contributed by atoms with van der Waals surface area (Å²) in [4.78, 5) is 0. The van der Waals surface area contributed by atoms with E-state index in [-0.39, 0.29) is 46.0 Å². The zero-order chi connectivity index (χ0) is 27.2. The van der Waals surface area contributed by atoms with Gasteiger partial charge >= 0.3 is 0 Å². The molecule has 0 aliphatic carbocycles. The Hall–Kier alpha value is -4.11. The van der Waals surface area contributed by atoms with E-state index in [9.17, 15) is 4.39 Å². The smallest absolute Gasteiger partial charge is 0.137 e. The Morgan fingerprint density at radius 3 is 2.00 bits per heavy atom. The monoisotopic (exact) mass is 523 g/mol. The Kier molecular flexibility index (Phi) is 8.48. The lowest BCUT2D eigenvalue weighted by molar-refractivity contribution is 0.304. The van der Waals surface area contributed by atoms with Crippen molar-refractivity contribution in [3.63, 3.8) is 0 Å². The van der Waals surface area contributed by atoms with Crippen LogP contribution in [0.15, 0.2) is 54.6 Å². The Morgan fingerprint density at radius 2 is 1.39 bits per heavy atom. The van der Waals surface area contributed by atoms with Crippen molar-refractivity contribution in [2.24, 2.45) is 5.73 Å². The van der Waals surface area contributed by atoms with Crippen molar-refractivity contribution in [1.82, 2.24) is 10.2 Å². The topological polar surface area (TPSA) is 79.5 Å². The van der Waals surface area contributed by atoms with Gasteiger partial charge in [-0.2, -0.15) is 5.10 Å². The Morgan fingerprint density at radius 1 is 0.737 bits per heavy atom. The van der Waals surface area contributed by atoms with Crippen LogP contribution in [0.4, 0.5) is 13.2 Å². The maximum absolute atomic E-state index is 15.6. The number of ether oxygens (including phenoxy) is 3. The first-order valence-corrected chi connectivity index (χ1v) is 12.1. The highest BCUT2D eigenvalue weighted by Gasteiger charge is 2.26. The third-order valence-corrected chi connectivity index (χ3v) is 6.05. The van der Waals surface area contributed by atoms with E-state index in [1.165, 1.54) is 26.4 Å². The average molecular weight is 524 g/mol. The van der Waals surface area contributed by atoms with Crippen LogP contribution in [0.2, 0.25) is 0 Å². The zero-order valence-electron chi connectivity index (χ0n) is 21.4. The first kappa shape index (κ1) is 26.9. The van der Waals surface area contributed by atoms with Gasteiger partial charge in [0, 0.05) is 34.9 Å². The summed E-state index contributed by atoms with van der Waals surface area (Å²) >= 11 is 0. The molecular formula is C29H28F3N3O3. The molecule has 3 aromatic carbocycles. The van der Waals surface area contributed by atoms with E-state index in [2.05, 4.69) is 10.2 Å². The minimum atomic E-state index is -0.856. The SMILES string of the molecule is COc1cc(OC)cc(-c2c(-c3ccccc3F)nnc(C)c2-c2c(F)cc(OCCCCN)cc2F)c1. The molecule has 0 radical (unpaired) electrons. The average Bonchev–Trinajstić information content (AvgIpc) is 2.91. The standard InChI is InChI=1S/C29H28F3N3O3/c1-17-26(28-24(31)15-21(16-25(28)32)38-11-7-6-10-33)27(18-12-19(36-2)14-20(13-18)37-3)29(35-34-17)22-8-4-5-9-23(22)30/h4-5,8-9,12-16H,6-7,10-11,33H2,1-3H3. The summed E-state index contributed by atoms with van der Waals surface area (Å²) < 4.78 is 62.6. The number of aromatic nitrogens is 2. The molecule has 0 aliphatic heterocycles. The second kappa shape index (κ2) is 12.0. The van der Waals surface area contributed by atoms with Crippen molar-refractivity contribution in [2.75, 3.05) is 27.4 Å². The summed E-state index contributed by atoms with van der Waals surface area (Å²) in [6, 6.07) is 13.2. The van der Waals surface area contributed by atoms with Crippen molar-refractivity contribution in [3.05, 3.63) is 77.7 Å². The molecule has 1 heterocycles. The molecule has 0 bridgehead atoms. The largest absolute Gasteiger partial charge is 0.497 e. The fourth-order valence-corrected chi connectivity index (χ4v) is 4.21. The molecule has 0 spiro atoms. The zero-order valence-corrected chi connectivity index (χ0v) is 21.4. The second-order valence-corrected chi connectivity index (χ2v) is 8.57. The first-order chi connectivity index (χ1) is 18.4. The molecule has 38 heavy (non-hydrogen) atoms.